The van der Waals surface area contributed by atoms with Crippen molar-refractivity contribution in [2.45, 2.75) is 19.8 Å². The molecule has 0 atom stereocenters. The summed E-state index contributed by atoms with van der Waals surface area (Å²) < 4.78 is 0. The average Bonchev–Trinajstić information content (AvgIpc) is 3.08. The van der Waals surface area contributed by atoms with E-state index in [1.165, 1.54) is 24.6 Å². The molecule has 0 bridgehead atoms. The molecule has 1 aromatic carbocycles. The Bertz CT molecular complexity index is 601. The van der Waals surface area contributed by atoms with Crippen molar-refractivity contribution in [3.8, 4) is 0 Å². The summed E-state index contributed by atoms with van der Waals surface area (Å²) in [7, 11) is 0. The molecule has 2 heterocycles. The third-order valence-corrected chi connectivity index (χ3v) is 5.05. The molecule has 2 aliphatic heterocycles. The number of hydrogen-bond acceptors (Lipinski definition) is 3. The fraction of sp³-hybridized carbons (Fsp3) is 0.333. The molecule has 104 valence electrons. The third kappa shape index (κ3) is 2.63. The first-order valence-corrected chi connectivity index (χ1v) is 7.87. The van der Waals surface area contributed by atoms with Gasteiger partial charge in [0.15, 0.2) is 5.17 Å². The van der Waals surface area contributed by atoms with Crippen LogP contribution in [0, 0.1) is 0 Å². The van der Waals surface area contributed by atoms with E-state index in [9.17, 15) is 4.79 Å². The number of likely N-dealkylation sites (tertiary alicyclic amines) is 1. The highest BCUT2D eigenvalue weighted by molar-refractivity contribution is 8.18. The Balaban J connectivity index is 1.85. The normalized spacial score (nSPS) is 21.4. The minimum Gasteiger partial charge on any atom is -0.351 e. The summed E-state index contributed by atoms with van der Waals surface area (Å²) in [5.41, 5.74) is 1.98. The molecule has 0 N–H and O–H groups in total. The Hall–Kier alpha value is -1.26. The number of amides is 1. The molecule has 0 unspecified atom stereocenters. The monoisotopic (exact) mass is 306 g/mol. The van der Waals surface area contributed by atoms with Crippen LogP contribution in [-0.2, 0) is 4.79 Å². The largest absolute Gasteiger partial charge is 0.351 e. The molecule has 2 aliphatic rings. The van der Waals surface area contributed by atoms with Gasteiger partial charge < -0.3 is 4.90 Å². The predicted octanol–water partition coefficient (Wildman–Crippen LogP) is 3.80. The molecule has 0 aromatic heterocycles. The molecular formula is C15H15ClN2OS. The minimum atomic E-state index is -0.121. The summed E-state index contributed by atoms with van der Waals surface area (Å²) in [5, 5.41) is 1.56. The molecule has 0 spiro atoms. The third-order valence-electron chi connectivity index (χ3n) is 3.58. The predicted molar refractivity (Wildman–Crippen MR) is 84.9 cm³/mol. The first-order chi connectivity index (χ1) is 9.65. The van der Waals surface area contributed by atoms with Gasteiger partial charge in [-0.15, -0.1) is 0 Å². The lowest BCUT2D eigenvalue weighted by molar-refractivity contribution is -0.113. The summed E-state index contributed by atoms with van der Waals surface area (Å²) >= 11 is 7.39. The smallest absolute Gasteiger partial charge is 0.286 e. The summed E-state index contributed by atoms with van der Waals surface area (Å²) in [6, 6.07) is 7.55. The molecule has 3 rings (SSSR count). The number of amidine groups is 1. The van der Waals surface area contributed by atoms with Gasteiger partial charge in [0.05, 0.1) is 4.91 Å². The number of thioether (sulfide) groups is 1. The number of nitrogens with zero attached hydrogens (tertiary/aromatic N) is 2. The number of hydrogen-bond donors (Lipinski definition) is 0. The molecule has 1 saturated heterocycles. The Labute approximate surface area is 127 Å². The van der Waals surface area contributed by atoms with E-state index in [1.807, 2.05) is 31.2 Å². The highest BCUT2D eigenvalue weighted by Crippen LogP contribution is 2.35. The van der Waals surface area contributed by atoms with E-state index >= 15 is 0 Å². The average molecular weight is 307 g/mol. The number of allylic oxidation sites excluding steroid dienone is 1. The van der Waals surface area contributed by atoms with Gasteiger partial charge in [0.2, 0.25) is 0 Å². The van der Waals surface area contributed by atoms with Gasteiger partial charge in [-0.3, -0.25) is 4.79 Å². The Morgan fingerprint density at radius 1 is 1.25 bits per heavy atom. The molecule has 0 saturated carbocycles. The van der Waals surface area contributed by atoms with Crippen LogP contribution in [0.4, 0.5) is 0 Å². The van der Waals surface area contributed by atoms with Crippen molar-refractivity contribution in [3.63, 3.8) is 0 Å². The lowest BCUT2D eigenvalue weighted by atomic mass is 10.1. The molecule has 5 heteroatoms. The van der Waals surface area contributed by atoms with Crippen LogP contribution in [0.5, 0.6) is 0 Å². The van der Waals surface area contributed by atoms with Gasteiger partial charge in [0.25, 0.3) is 5.91 Å². The fourth-order valence-electron chi connectivity index (χ4n) is 2.41. The van der Waals surface area contributed by atoms with Crippen LogP contribution in [-0.4, -0.2) is 29.1 Å². The van der Waals surface area contributed by atoms with Crippen LogP contribution in [0.15, 0.2) is 34.2 Å². The van der Waals surface area contributed by atoms with Gasteiger partial charge in [-0.2, -0.15) is 4.99 Å². The molecule has 0 radical (unpaired) electrons. The molecule has 1 fully saturated rings. The molecule has 3 nitrogen and oxygen atoms in total. The van der Waals surface area contributed by atoms with Gasteiger partial charge in [0.1, 0.15) is 0 Å². The highest BCUT2D eigenvalue weighted by Gasteiger charge is 2.29. The van der Waals surface area contributed by atoms with Crippen LogP contribution in [0.25, 0.3) is 5.57 Å². The van der Waals surface area contributed by atoms with E-state index in [0.717, 1.165) is 34.3 Å². The lowest BCUT2D eigenvalue weighted by Gasteiger charge is -2.15. The van der Waals surface area contributed by atoms with E-state index in [4.69, 9.17) is 11.6 Å². The minimum absolute atomic E-state index is 0.121. The Morgan fingerprint density at radius 3 is 2.55 bits per heavy atom. The van der Waals surface area contributed by atoms with Gasteiger partial charge in [-0.25, -0.2) is 0 Å². The van der Waals surface area contributed by atoms with Crippen molar-refractivity contribution in [1.29, 1.82) is 0 Å². The van der Waals surface area contributed by atoms with Gasteiger partial charge >= 0.3 is 0 Å². The van der Waals surface area contributed by atoms with E-state index in [2.05, 4.69) is 9.89 Å². The zero-order valence-corrected chi connectivity index (χ0v) is 12.8. The summed E-state index contributed by atoms with van der Waals surface area (Å²) in [4.78, 5) is 19.2. The van der Waals surface area contributed by atoms with Crippen molar-refractivity contribution in [2.24, 2.45) is 4.99 Å². The first kappa shape index (κ1) is 13.7. The number of benzene rings is 1. The van der Waals surface area contributed by atoms with Crippen LogP contribution in [0.3, 0.4) is 0 Å². The van der Waals surface area contributed by atoms with Gasteiger partial charge in [0, 0.05) is 18.1 Å². The van der Waals surface area contributed by atoms with Gasteiger partial charge in [-0.1, -0.05) is 23.7 Å². The zero-order valence-electron chi connectivity index (χ0n) is 11.2. The van der Waals surface area contributed by atoms with Crippen molar-refractivity contribution < 1.29 is 4.79 Å². The van der Waals surface area contributed by atoms with E-state index in [-0.39, 0.29) is 5.91 Å². The SMILES string of the molecule is C/C(=C1/SC(N2CCCC2)=NC1=O)c1ccc(Cl)cc1. The molecule has 0 aliphatic carbocycles. The second-order valence-electron chi connectivity index (χ2n) is 4.96. The zero-order chi connectivity index (χ0) is 14.1. The first-order valence-electron chi connectivity index (χ1n) is 6.68. The van der Waals surface area contributed by atoms with Crippen molar-refractivity contribution in [3.05, 3.63) is 39.8 Å². The fourth-order valence-corrected chi connectivity index (χ4v) is 3.56. The van der Waals surface area contributed by atoms with Crippen molar-refractivity contribution >= 4 is 40.0 Å². The summed E-state index contributed by atoms with van der Waals surface area (Å²) in [5.74, 6) is -0.121. The summed E-state index contributed by atoms with van der Waals surface area (Å²) in [6.07, 6.45) is 2.37. The van der Waals surface area contributed by atoms with Gasteiger partial charge in [-0.05, 0) is 54.8 Å². The molecule has 1 aromatic rings. The number of aliphatic imine (C=N–C) groups is 1. The molecule has 1 amide bonds. The van der Waals surface area contributed by atoms with E-state index in [1.54, 1.807) is 0 Å². The number of halogens is 1. The number of carbonyl (C=O) groups is 1. The van der Waals surface area contributed by atoms with Crippen molar-refractivity contribution in [1.82, 2.24) is 4.90 Å². The Morgan fingerprint density at radius 2 is 1.90 bits per heavy atom. The quantitative estimate of drug-likeness (QED) is 0.740. The van der Waals surface area contributed by atoms with Crippen molar-refractivity contribution in [2.75, 3.05) is 13.1 Å². The topological polar surface area (TPSA) is 32.7 Å². The van der Waals surface area contributed by atoms with Crippen LogP contribution >= 0.6 is 23.4 Å². The summed E-state index contributed by atoms with van der Waals surface area (Å²) in [6.45, 7) is 3.98. The second kappa shape index (κ2) is 5.62. The number of rotatable bonds is 1. The number of carbonyl (C=O) groups excluding carboxylic acids is 1. The lowest BCUT2D eigenvalue weighted by Crippen LogP contribution is -2.23. The highest BCUT2D eigenvalue weighted by atomic mass is 35.5. The maximum absolute atomic E-state index is 12.1. The maximum atomic E-state index is 12.1. The molecule has 20 heavy (non-hydrogen) atoms. The van der Waals surface area contributed by atoms with Crippen LogP contribution < -0.4 is 0 Å². The Kier molecular flexibility index (Phi) is 3.85. The standard InChI is InChI=1S/C15H15ClN2OS/c1-10(11-4-6-12(16)7-5-11)13-14(19)17-15(20-13)18-8-2-3-9-18/h4-7H,2-3,8-9H2,1H3/b13-10-. The second-order valence-corrected chi connectivity index (χ2v) is 6.37. The van der Waals surface area contributed by atoms with E-state index in [0.29, 0.717) is 5.02 Å². The van der Waals surface area contributed by atoms with E-state index < -0.39 is 0 Å². The van der Waals surface area contributed by atoms with Crippen LogP contribution in [0.2, 0.25) is 5.02 Å². The van der Waals surface area contributed by atoms with Crippen LogP contribution in [0.1, 0.15) is 25.3 Å². The maximum Gasteiger partial charge on any atom is 0.286 e. The molecular weight excluding hydrogens is 292 g/mol.